The molecule has 1 N–H and O–H groups in total. The van der Waals surface area contributed by atoms with Crippen LogP contribution in [-0.4, -0.2) is 47.0 Å². The van der Waals surface area contributed by atoms with Gasteiger partial charge in [-0.2, -0.15) is 5.10 Å². The Labute approximate surface area is 177 Å². The van der Waals surface area contributed by atoms with Crippen LogP contribution < -0.4 is 10.2 Å². The van der Waals surface area contributed by atoms with Gasteiger partial charge in [0.2, 0.25) is 5.91 Å². The fraction of sp³-hybridized carbons (Fsp3) is 0.435. The molecule has 1 aliphatic rings. The third-order valence-electron chi connectivity index (χ3n) is 5.86. The topological polar surface area (TPSA) is 72.3 Å². The molecule has 3 heterocycles. The summed E-state index contributed by atoms with van der Waals surface area (Å²) in [6, 6.07) is 8.04. The lowest BCUT2D eigenvalue weighted by atomic mass is 9.99. The second-order valence-electron chi connectivity index (χ2n) is 7.90. The lowest BCUT2D eigenvalue weighted by Crippen LogP contribution is -2.36. The predicted octanol–water partition coefficient (Wildman–Crippen LogP) is 3.30. The van der Waals surface area contributed by atoms with Crippen molar-refractivity contribution in [3.63, 3.8) is 0 Å². The number of hydrogen-bond acceptors (Lipinski definition) is 5. The van der Waals surface area contributed by atoms with Crippen molar-refractivity contribution in [1.29, 1.82) is 0 Å². The average Bonchev–Trinajstić information content (AvgIpc) is 3.02. The number of anilines is 2. The molecule has 7 nitrogen and oxygen atoms in total. The molecule has 4 rings (SSSR count). The molecule has 1 amide bonds. The molecule has 1 aliphatic heterocycles. The molecule has 1 aromatic carbocycles. The number of rotatable bonds is 5. The van der Waals surface area contributed by atoms with Crippen molar-refractivity contribution in [1.82, 2.24) is 14.8 Å². The highest BCUT2D eigenvalue weighted by Gasteiger charge is 2.16. The van der Waals surface area contributed by atoms with Crippen molar-refractivity contribution in [3.05, 3.63) is 46.8 Å². The monoisotopic (exact) mass is 407 g/mol. The fourth-order valence-corrected chi connectivity index (χ4v) is 4.27. The zero-order valence-corrected chi connectivity index (χ0v) is 18.2. The van der Waals surface area contributed by atoms with Crippen LogP contribution in [-0.2, 0) is 23.0 Å². The molecule has 0 aliphatic carbocycles. The number of carbonyl (C=O) groups is 1. The second kappa shape index (κ2) is 8.44. The predicted molar refractivity (Wildman–Crippen MR) is 119 cm³/mol. The molecule has 7 heteroatoms. The van der Waals surface area contributed by atoms with Gasteiger partial charge in [-0.3, -0.25) is 9.48 Å². The van der Waals surface area contributed by atoms with E-state index < -0.39 is 0 Å². The van der Waals surface area contributed by atoms with Crippen LogP contribution in [0.4, 0.5) is 11.4 Å². The van der Waals surface area contributed by atoms with Gasteiger partial charge < -0.3 is 15.0 Å². The number of fused-ring (bicyclic) bond motifs is 1. The number of amides is 1. The Kier molecular flexibility index (Phi) is 5.72. The van der Waals surface area contributed by atoms with Crippen LogP contribution in [0.25, 0.3) is 11.0 Å². The normalized spacial score (nSPS) is 14.3. The third kappa shape index (κ3) is 4.03. The number of hydrogen-bond donors (Lipinski definition) is 1. The van der Waals surface area contributed by atoms with E-state index in [1.54, 1.807) is 0 Å². The molecular formula is C23H29N5O2. The van der Waals surface area contributed by atoms with Gasteiger partial charge in [0.15, 0.2) is 5.65 Å². The molecule has 1 saturated heterocycles. The Morgan fingerprint density at radius 1 is 1.10 bits per heavy atom. The van der Waals surface area contributed by atoms with Gasteiger partial charge in [-0.25, -0.2) is 4.98 Å². The van der Waals surface area contributed by atoms with Gasteiger partial charge in [0.1, 0.15) is 0 Å². The lowest BCUT2D eigenvalue weighted by Gasteiger charge is -2.28. The first-order chi connectivity index (χ1) is 14.4. The van der Waals surface area contributed by atoms with E-state index in [9.17, 15) is 4.79 Å². The zero-order valence-electron chi connectivity index (χ0n) is 18.2. The number of aryl methyl sites for hydroxylation is 4. The molecule has 0 spiro atoms. The number of morpholine rings is 1. The maximum atomic E-state index is 12.6. The van der Waals surface area contributed by atoms with E-state index in [4.69, 9.17) is 9.72 Å². The lowest BCUT2D eigenvalue weighted by molar-refractivity contribution is -0.116. The molecule has 2 aromatic heterocycles. The molecular weight excluding hydrogens is 378 g/mol. The van der Waals surface area contributed by atoms with Crippen molar-refractivity contribution in [2.75, 3.05) is 36.5 Å². The summed E-state index contributed by atoms with van der Waals surface area (Å²) in [5.74, 6) is 0.0101. The van der Waals surface area contributed by atoms with Crippen LogP contribution in [0.2, 0.25) is 0 Å². The minimum Gasteiger partial charge on any atom is -0.378 e. The Balaban J connectivity index is 1.41. The number of carbonyl (C=O) groups excluding carboxylic acids is 1. The highest BCUT2D eigenvalue weighted by atomic mass is 16.5. The summed E-state index contributed by atoms with van der Waals surface area (Å²) in [6.07, 6.45) is 1.08. The Hall–Kier alpha value is -2.93. The van der Waals surface area contributed by atoms with Gasteiger partial charge in [-0.1, -0.05) is 0 Å². The van der Waals surface area contributed by atoms with Crippen molar-refractivity contribution in [3.8, 4) is 0 Å². The first kappa shape index (κ1) is 20.3. The summed E-state index contributed by atoms with van der Waals surface area (Å²) in [5.41, 5.74) is 7.13. The third-order valence-corrected chi connectivity index (χ3v) is 5.86. The highest BCUT2D eigenvalue weighted by Crippen LogP contribution is 2.26. The summed E-state index contributed by atoms with van der Waals surface area (Å²) < 4.78 is 7.22. The molecule has 0 atom stereocenters. The smallest absolute Gasteiger partial charge is 0.224 e. The molecule has 0 unspecified atom stereocenters. The summed E-state index contributed by atoms with van der Waals surface area (Å²) in [7, 11) is 1.92. The number of nitrogens with zero attached hydrogens (tertiary/aromatic N) is 4. The van der Waals surface area contributed by atoms with Gasteiger partial charge in [0.05, 0.1) is 18.9 Å². The van der Waals surface area contributed by atoms with Crippen LogP contribution in [0.1, 0.15) is 28.9 Å². The van der Waals surface area contributed by atoms with E-state index in [-0.39, 0.29) is 5.91 Å². The summed E-state index contributed by atoms with van der Waals surface area (Å²) in [4.78, 5) is 19.6. The summed E-state index contributed by atoms with van der Waals surface area (Å²) in [5, 5.41) is 8.60. The number of pyridine rings is 1. The Morgan fingerprint density at radius 2 is 1.80 bits per heavy atom. The molecule has 0 radical (unpaired) electrons. The Morgan fingerprint density at radius 3 is 2.50 bits per heavy atom. The summed E-state index contributed by atoms with van der Waals surface area (Å²) in [6.45, 7) is 9.44. The van der Waals surface area contributed by atoms with E-state index in [1.807, 2.05) is 37.7 Å². The molecule has 30 heavy (non-hydrogen) atoms. The van der Waals surface area contributed by atoms with Crippen LogP contribution in [0.15, 0.2) is 24.3 Å². The first-order valence-electron chi connectivity index (χ1n) is 10.5. The van der Waals surface area contributed by atoms with Gasteiger partial charge >= 0.3 is 0 Å². The number of ether oxygens (including phenoxy) is 1. The van der Waals surface area contributed by atoms with Crippen molar-refractivity contribution < 1.29 is 9.53 Å². The van der Waals surface area contributed by atoms with Gasteiger partial charge in [-0.05, 0) is 62.6 Å². The first-order valence-corrected chi connectivity index (χ1v) is 10.5. The maximum absolute atomic E-state index is 12.6. The van der Waals surface area contributed by atoms with E-state index in [0.29, 0.717) is 12.8 Å². The number of benzene rings is 1. The fourth-order valence-electron chi connectivity index (χ4n) is 4.27. The molecule has 0 saturated carbocycles. The van der Waals surface area contributed by atoms with Crippen molar-refractivity contribution in [2.24, 2.45) is 7.05 Å². The summed E-state index contributed by atoms with van der Waals surface area (Å²) >= 11 is 0. The molecule has 158 valence electrons. The van der Waals surface area contributed by atoms with Crippen LogP contribution >= 0.6 is 0 Å². The minimum absolute atomic E-state index is 0.0101. The molecule has 3 aromatic rings. The van der Waals surface area contributed by atoms with E-state index >= 15 is 0 Å². The van der Waals surface area contributed by atoms with Gasteiger partial charge in [0.25, 0.3) is 0 Å². The van der Waals surface area contributed by atoms with Crippen LogP contribution in [0.3, 0.4) is 0 Å². The number of aromatic nitrogens is 3. The van der Waals surface area contributed by atoms with Crippen molar-refractivity contribution in [2.45, 2.75) is 33.6 Å². The standard InChI is InChI=1S/C23H29N5O2/c1-15-20(16(2)24-23-22(15)17(3)26-27(23)4)9-10-21(29)25-18-5-7-19(8-6-18)28-11-13-30-14-12-28/h5-8H,9-14H2,1-4H3,(H,25,29). The quantitative estimate of drug-likeness (QED) is 0.703. The average molecular weight is 408 g/mol. The van der Waals surface area contributed by atoms with Crippen LogP contribution in [0, 0.1) is 20.8 Å². The Bertz CT molecular complexity index is 1070. The largest absolute Gasteiger partial charge is 0.378 e. The second-order valence-corrected chi connectivity index (χ2v) is 7.90. The SMILES string of the molecule is Cc1nc2c(c(C)nn2C)c(C)c1CCC(=O)Nc1ccc(N2CCOCC2)cc1. The maximum Gasteiger partial charge on any atom is 0.224 e. The zero-order chi connectivity index (χ0) is 21.3. The van der Waals surface area contributed by atoms with E-state index in [0.717, 1.165) is 65.7 Å². The van der Waals surface area contributed by atoms with Gasteiger partial charge in [0, 0.05) is 49.0 Å². The molecule has 1 fully saturated rings. The van der Waals surface area contributed by atoms with E-state index in [2.05, 4.69) is 34.4 Å². The minimum atomic E-state index is 0.0101. The van der Waals surface area contributed by atoms with Gasteiger partial charge in [-0.15, -0.1) is 0 Å². The van der Waals surface area contributed by atoms with Crippen LogP contribution in [0.5, 0.6) is 0 Å². The van der Waals surface area contributed by atoms with E-state index in [1.165, 1.54) is 5.56 Å². The molecule has 0 bridgehead atoms. The number of nitrogens with one attached hydrogen (secondary N) is 1. The highest BCUT2D eigenvalue weighted by molar-refractivity contribution is 5.91. The van der Waals surface area contributed by atoms with Crippen molar-refractivity contribution >= 4 is 28.3 Å².